The summed E-state index contributed by atoms with van der Waals surface area (Å²) in [5, 5.41) is 2.55. The van der Waals surface area contributed by atoms with E-state index in [0.29, 0.717) is 18.6 Å². The van der Waals surface area contributed by atoms with Gasteiger partial charge in [-0.3, -0.25) is 4.79 Å². The number of amides is 1. The first-order chi connectivity index (χ1) is 8.43. The maximum Gasteiger partial charge on any atom is 0.246 e. The molecule has 1 N–H and O–H groups in total. The van der Waals surface area contributed by atoms with Crippen LogP contribution in [0, 0.1) is 0 Å². The molecule has 0 saturated heterocycles. The zero-order valence-corrected chi connectivity index (χ0v) is 12.1. The van der Waals surface area contributed by atoms with E-state index >= 15 is 0 Å². The molecule has 6 heteroatoms. The first-order valence-electron chi connectivity index (χ1n) is 5.51. The third kappa shape index (κ3) is 5.34. The van der Waals surface area contributed by atoms with Gasteiger partial charge in [-0.1, -0.05) is 59.9 Å². The highest BCUT2D eigenvalue weighted by atomic mass is 35.6. The number of para-hydroxylation sites is 1. The summed E-state index contributed by atoms with van der Waals surface area (Å²) in [4.78, 5) is 11.5. The Morgan fingerprint density at radius 1 is 1.33 bits per heavy atom. The van der Waals surface area contributed by atoms with Crippen LogP contribution in [0.2, 0.25) is 0 Å². The van der Waals surface area contributed by atoms with Crippen LogP contribution in [0.5, 0.6) is 5.75 Å². The first-order valence-corrected chi connectivity index (χ1v) is 6.64. The standard InChI is InChI=1S/C12H14Cl3NO2/c1-2-6-10(17)16-11(12(13,14)15)18-9-7-4-3-5-8-9/h3-5,7-8,11H,2,6H2,1H3,(H,16,17)/t11-/m0/s1. The lowest BCUT2D eigenvalue weighted by Crippen LogP contribution is -2.47. The van der Waals surface area contributed by atoms with Crippen LogP contribution < -0.4 is 10.1 Å². The fourth-order valence-corrected chi connectivity index (χ4v) is 1.56. The first kappa shape index (κ1) is 15.4. The van der Waals surface area contributed by atoms with Crippen LogP contribution >= 0.6 is 34.8 Å². The Labute approximate surface area is 121 Å². The Kier molecular flexibility index (Phi) is 6.06. The molecule has 0 saturated carbocycles. The third-order valence-corrected chi connectivity index (χ3v) is 2.66. The summed E-state index contributed by atoms with van der Waals surface area (Å²) in [6.07, 6.45) is 0.0445. The molecular formula is C12H14Cl3NO2. The number of carbonyl (C=O) groups excluding carboxylic acids is 1. The van der Waals surface area contributed by atoms with E-state index in [0.717, 1.165) is 0 Å². The third-order valence-electron chi connectivity index (χ3n) is 2.06. The van der Waals surface area contributed by atoms with E-state index in [1.54, 1.807) is 24.3 Å². The molecule has 0 radical (unpaired) electrons. The van der Waals surface area contributed by atoms with E-state index in [-0.39, 0.29) is 5.91 Å². The fourth-order valence-electron chi connectivity index (χ4n) is 1.26. The number of nitrogens with one attached hydrogen (secondary N) is 1. The highest BCUT2D eigenvalue weighted by Gasteiger charge is 2.35. The summed E-state index contributed by atoms with van der Waals surface area (Å²) >= 11 is 17.4. The van der Waals surface area contributed by atoms with Gasteiger partial charge in [0.1, 0.15) is 5.75 Å². The minimum atomic E-state index is -1.74. The van der Waals surface area contributed by atoms with Gasteiger partial charge in [-0.2, -0.15) is 0 Å². The lowest BCUT2D eigenvalue weighted by molar-refractivity contribution is -0.123. The van der Waals surface area contributed by atoms with Gasteiger partial charge < -0.3 is 10.1 Å². The Morgan fingerprint density at radius 2 is 1.94 bits per heavy atom. The minimum absolute atomic E-state index is 0.218. The molecule has 1 atom stereocenters. The number of carbonyl (C=O) groups is 1. The van der Waals surface area contributed by atoms with Gasteiger partial charge in [0.15, 0.2) is 0 Å². The van der Waals surface area contributed by atoms with Gasteiger partial charge in [-0.15, -0.1) is 0 Å². The quantitative estimate of drug-likeness (QED) is 0.665. The van der Waals surface area contributed by atoms with Crippen molar-refractivity contribution < 1.29 is 9.53 Å². The Hall–Kier alpha value is -0.640. The molecule has 3 nitrogen and oxygen atoms in total. The van der Waals surface area contributed by atoms with Gasteiger partial charge in [-0.05, 0) is 18.6 Å². The monoisotopic (exact) mass is 309 g/mol. The Morgan fingerprint density at radius 3 is 2.44 bits per heavy atom. The zero-order chi connectivity index (χ0) is 13.6. The van der Waals surface area contributed by atoms with Gasteiger partial charge >= 0.3 is 0 Å². The number of halogens is 3. The van der Waals surface area contributed by atoms with E-state index < -0.39 is 10.0 Å². The van der Waals surface area contributed by atoms with Crippen molar-refractivity contribution in [3.05, 3.63) is 30.3 Å². The topological polar surface area (TPSA) is 38.3 Å². The number of hydrogen-bond donors (Lipinski definition) is 1. The molecule has 1 rings (SSSR count). The lowest BCUT2D eigenvalue weighted by atomic mass is 10.3. The van der Waals surface area contributed by atoms with Gasteiger partial charge in [0.2, 0.25) is 15.9 Å². The maximum atomic E-state index is 11.5. The van der Waals surface area contributed by atoms with E-state index in [4.69, 9.17) is 39.5 Å². The van der Waals surface area contributed by atoms with Crippen molar-refractivity contribution in [2.75, 3.05) is 0 Å². The van der Waals surface area contributed by atoms with E-state index in [1.807, 2.05) is 13.0 Å². The van der Waals surface area contributed by atoms with Gasteiger partial charge in [-0.25, -0.2) is 0 Å². The molecule has 0 spiro atoms. The molecule has 0 bridgehead atoms. The summed E-state index contributed by atoms with van der Waals surface area (Å²) in [5.74, 6) is 0.301. The van der Waals surface area contributed by atoms with Crippen LogP contribution in [-0.4, -0.2) is 15.9 Å². The lowest BCUT2D eigenvalue weighted by Gasteiger charge is -2.26. The van der Waals surface area contributed by atoms with Crippen LogP contribution in [0.15, 0.2) is 30.3 Å². The van der Waals surface area contributed by atoms with Crippen molar-refractivity contribution in [2.45, 2.75) is 29.8 Å². The molecule has 0 aliphatic heterocycles. The van der Waals surface area contributed by atoms with Crippen molar-refractivity contribution in [1.82, 2.24) is 5.32 Å². The maximum absolute atomic E-state index is 11.5. The Balaban J connectivity index is 2.71. The predicted molar refractivity (Wildman–Crippen MR) is 74.2 cm³/mol. The Bertz CT molecular complexity index is 379. The SMILES string of the molecule is CCCC(=O)N[C@@H](Oc1ccccc1)C(Cl)(Cl)Cl. The van der Waals surface area contributed by atoms with E-state index in [2.05, 4.69) is 5.32 Å². The molecule has 1 aromatic carbocycles. The molecule has 0 aliphatic carbocycles. The second kappa shape index (κ2) is 7.07. The second-order valence-corrected chi connectivity index (χ2v) is 6.04. The molecule has 100 valence electrons. The van der Waals surface area contributed by atoms with Crippen molar-refractivity contribution in [3.63, 3.8) is 0 Å². The molecule has 0 fully saturated rings. The molecule has 1 aromatic rings. The predicted octanol–water partition coefficient (Wildman–Crippen LogP) is 3.68. The molecule has 1 amide bonds. The normalized spacial score (nSPS) is 12.9. The molecule has 0 aliphatic rings. The minimum Gasteiger partial charge on any atom is -0.466 e. The summed E-state index contributed by atoms with van der Waals surface area (Å²) in [7, 11) is 0. The van der Waals surface area contributed by atoms with E-state index in [1.165, 1.54) is 0 Å². The van der Waals surface area contributed by atoms with Crippen molar-refractivity contribution in [1.29, 1.82) is 0 Å². The molecular weight excluding hydrogens is 296 g/mol. The number of benzene rings is 1. The molecule has 0 unspecified atom stereocenters. The fraction of sp³-hybridized carbons (Fsp3) is 0.417. The molecule has 18 heavy (non-hydrogen) atoms. The summed E-state index contributed by atoms with van der Waals surface area (Å²) in [5.41, 5.74) is 0. The average Bonchev–Trinajstić information content (AvgIpc) is 2.28. The van der Waals surface area contributed by atoms with Crippen LogP contribution in [0.1, 0.15) is 19.8 Å². The van der Waals surface area contributed by atoms with Crippen LogP contribution in [0.25, 0.3) is 0 Å². The van der Waals surface area contributed by atoms with Crippen LogP contribution in [-0.2, 0) is 4.79 Å². The summed E-state index contributed by atoms with van der Waals surface area (Å²) < 4.78 is 3.73. The summed E-state index contributed by atoms with van der Waals surface area (Å²) in [6.45, 7) is 1.89. The highest BCUT2D eigenvalue weighted by molar-refractivity contribution is 6.68. The van der Waals surface area contributed by atoms with Crippen molar-refractivity contribution in [2.24, 2.45) is 0 Å². The molecule has 0 heterocycles. The number of alkyl halides is 3. The zero-order valence-electron chi connectivity index (χ0n) is 9.83. The number of hydrogen-bond acceptors (Lipinski definition) is 2. The number of rotatable bonds is 5. The van der Waals surface area contributed by atoms with Crippen LogP contribution in [0.4, 0.5) is 0 Å². The summed E-state index contributed by atoms with van der Waals surface area (Å²) in [6, 6.07) is 8.86. The average molecular weight is 311 g/mol. The number of ether oxygens (including phenoxy) is 1. The smallest absolute Gasteiger partial charge is 0.246 e. The highest BCUT2D eigenvalue weighted by Crippen LogP contribution is 2.31. The van der Waals surface area contributed by atoms with Crippen LogP contribution in [0.3, 0.4) is 0 Å². The van der Waals surface area contributed by atoms with Crippen molar-refractivity contribution >= 4 is 40.7 Å². The van der Waals surface area contributed by atoms with Gasteiger partial charge in [0, 0.05) is 6.42 Å². The van der Waals surface area contributed by atoms with Gasteiger partial charge in [0.25, 0.3) is 0 Å². The van der Waals surface area contributed by atoms with Gasteiger partial charge in [0.05, 0.1) is 0 Å². The molecule has 0 aromatic heterocycles. The van der Waals surface area contributed by atoms with E-state index in [9.17, 15) is 4.79 Å². The van der Waals surface area contributed by atoms with Crippen molar-refractivity contribution in [3.8, 4) is 5.75 Å². The second-order valence-electron chi connectivity index (χ2n) is 3.67. The largest absolute Gasteiger partial charge is 0.466 e.